The smallest absolute Gasteiger partial charge is 0.320 e. The number of hydrogen-bond acceptors (Lipinski definition) is 3. The molecule has 0 aliphatic carbocycles. The predicted octanol–water partition coefficient (Wildman–Crippen LogP) is 0.325. The van der Waals surface area contributed by atoms with Crippen molar-refractivity contribution in [3.63, 3.8) is 0 Å². The number of nitrogens with zero attached hydrogens (tertiary/aromatic N) is 3. The summed E-state index contributed by atoms with van der Waals surface area (Å²) in [6.45, 7) is 2.25. The lowest BCUT2D eigenvalue weighted by Crippen LogP contribution is -2.35. The molecule has 1 rings (SSSR count). The van der Waals surface area contributed by atoms with E-state index in [1.807, 2.05) is 13.1 Å². The molecular weight excluding hydrogens is 182 g/mol. The van der Waals surface area contributed by atoms with E-state index in [0.717, 1.165) is 5.69 Å². The van der Waals surface area contributed by atoms with Gasteiger partial charge in [0, 0.05) is 19.8 Å². The molecule has 0 saturated carbocycles. The van der Waals surface area contributed by atoms with Gasteiger partial charge in [0.15, 0.2) is 0 Å². The van der Waals surface area contributed by atoms with E-state index in [1.165, 1.54) is 0 Å². The number of aliphatic carboxylic acids is 1. The van der Waals surface area contributed by atoms with Crippen molar-refractivity contribution in [3.05, 3.63) is 18.0 Å². The molecule has 0 fully saturated rings. The summed E-state index contributed by atoms with van der Waals surface area (Å²) in [6, 6.07) is 1.40. The molecule has 1 aromatic heterocycles. The highest BCUT2D eigenvalue weighted by atomic mass is 16.4. The highest BCUT2D eigenvalue weighted by Gasteiger charge is 2.17. The summed E-state index contributed by atoms with van der Waals surface area (Å²) in [5, 5.41) is 12.8. The first-order chi connectivity index (χ1) is 6.52. The predicted molar refractivity (Wildman–Crippen MR) is 51.8 cm³/mol. The zero-order valence-corrected chi connectivity index (χ0v) is 8.64. The second-order valence-corrected chi connectivity index (χ2v) is 3.38. The summed E-state index contributed by atoms with van der Waals surface area (Å²) in [5.74, 6) is -0.810. The Labute approximate surface area is 82.9 Å². The van der Waals surface area contributed by atoms with Gasteiger partial charge in [-0.05, 0) is 20.0 Å². The van der Waals surface area contributed by atoms with Crippen LogP contribution in [-0.2, 0) is 18.4 Å². The van der Waals surface area contributed by atoms with Gasteiger partial charge in [-0.25, -0.2) is 0 Å². The quantitative estimate of drug-likeness (QED) is 0.755. The molecule has 0 bridgehead atoms. The van der Waals surface area contributed by atoms with Crippen LogP contribution in [0.4, 0.5) is 0 Å². The third-order valence-corrected chi connectivity index (χ3v) is 2.35. The maximum Gasteiger partial charge on any atom is 0.320 e. The number of carbonyl (C=O) groups is 1. The van der Waals surface area contributed by atoms with Crippen LogP contribution < -0.4 is 0 Å². The van der Waals surface area contributed by atoms with Crippen molar-refractivity contribution < 1.29 is 9.90 Å². The Morgan fingerprint density at radius 2 is 2.43 bits per heavy atom. The Kier molecular flexibility index (Phi) is 3.24. The highest BCUT2D eigenvalue weighted by molar-refractivity contribution is 5.72. The van der Waals surface area contributed by atoms with Crippen LogP contribution in [0.15, 0.2) is 12.3 Å². The summed E-state index contributed by atoms with van der Waals surface area (Å²) in [6.07, 6.45) is 1.70. The van der Waals surface area contributed by atoms with Gasteiger partial charge >= 0.3 is 5.97 Å². The fourth-order valence-corrected chi connectivity index (χ4v) is 1.14. The fourth-order valence-electron chi connectivity index (χ4n) is 1.14. The summed E-state index contributed by atoms with van der Waals surface area (Å²) in [5.41, 5.74) is 1.00. The van der Waals surface area contributed by atoms with Gasteiger partial charge in [-0.1, -0.05) is 0 Å². The minimum Gasteiger partial charge on any atom is -0.480 e. The Hall–Kier alpha value is -1.36. The molecule has 0 spiro atoms. The van der Waals surface area contributed by atoms with E-state index in [0.29, 0.717) is 6.54 Å². The molecule has 1 aromatic rings. The molecule has 14 heavy (non-hydrogen) atoms. The van der Waals surface area contributed by atoms with Gasteiger partial charge < -0.3 is 5.11 Å². The van der Waals surface area contributed by atoms with Crippen molar-refractivity contribution in [2.24, 2.45) is 7.05 Å². The van der Waals surface area contributed by atoms with Crippen molar-refractivity contribution in [2.45, 2.75) is 19.5 Å². The fraction of sp³-hybridized carbons (Fsp3) is 0.556. The first-order valence-corrected chi connectivity index (χ1v) is 4.42. The van der Waals surface area contributed by atoms with Crippen LogP contribution in [0.1, 0.15) is 12.6 Å². The average molecular weight is 197 g/mol. The third kappa shape index (κ3) is 2.32. The van der Waals surface area contributed by atoms with E-state index < -0.39 is 12.0 Å². The van der Waals surface area contributed by atoms with Crippen molar-refractivity contribution in [3.8, 4) is 0 Å². The molecule has 1 unspecified atom stereocenters. The number of rotatable bonds is 4. The van der Waals surface area contributed by atoms with Crippen molar-refractivity contribution in [2.75, 3.05) is 7.05 Å². The molecule has 0 aromatic carbocycles. The van der Waals surface area contributed by atoms with Crippen molar-refractivity contribution in [1.82, 2.24) is 14.7 Å². The molecule has 1 heterocycles. The lowest BCUT2D eigenvalue weighted by Gasteiger charge is -2.20. The number of aromatic nitrogens is 2. The van der Waals surface area contributed by atoms with Crippen LogP contribution in [-0.4, -0.2) is 38.8 Å². The summed E-state index contributed by atoms with van der Waals surface area (Å²) in [7, 11) is 3.63. The van der Waals surface area contributed by atoms with Gasteiger partial charge in [-0.2, -0.15) is 5.10 Å². The van der Waals surface area contributed by atoms with Gasteiger partial charge in [0.25, 0.3) is 0 Å². The maximum atomic E-state index is 10.7. The summed E-state index contributed by atoms with van der Waals surface area (Å²) < 4.78 is 1.74. The second-order valence-electron chi connectivity index (χ2n) is 3.38. The van der Waals surface area contributed by atoms with Gasteiger partial charge in [0.05, 0.1) is 5.69 Å². The Morgan fingerprint density at radius 3 is 2.86 bits per heavy atom. The van der Waals surface area contributed by atoms with E-state index in [9.17, 15) is 4.79 Å². The molecule has 78 valence electrons. The van der Waals surface area contributed by atoms with Gasteiger partial charge in [-0.3, -0.25) is 14.4 Å². The second kappa shape index (κ2) is 4.23. The lowest BCUT2D eigenvalue weighted by molar-refractivity contribution is -0.142. The highest BCUT2D eigenvalue weighted by Crippen LogP contribution is 2.04. The molecule has 0 aliphatic heterocycles. The average Bonchev–Trinajstić information content (AvgIpc) is 2.50. The minimum absolute atomic E-state index is 0.482. The van der Waals surface area contributed by atoms with Crippen LogP contribution >= 0.6 is 0 Å². The number of likely N-dealkylation sites (N-methyl/N-ethyl adjacent to an activating group) is 1. The van der Waals surface area contributed by atoms with Crippen LogP contribution in [0, 0.1) is 0 Å². The van der Waals surface area contributed by atoms with E-state index >= 15 is 0 Å². The number of aryl methyl sites for hydroxylation is 1. The third-order valence-electron chi connectivity index (χ3n) is 2.35. The largest absolute Gasteiger partial charge is 0.480 e. The number of carboxylic acids is 1. The first kappa shape index (κ1) is 10.7. The number of carboxylic acid groups (broad SMARTS) is 1. The molecule has 5 heteroatoms. The molecule has 0 radical (unpaired) electrons. The van der Waals surface area contributed by atoms with Crippen LogP contribution in [0.2, 0.25) is 0 Å². The molecule has 1 atom stereocenters. The Morgan fingerprint density at radius 1 is 1.79 bits per heavy atom. The number of hydrogen-bond donors (Lipinski definition) is 1. The topological polar surface area (TPSA) is 58.4 Å². The van der Waals surface area contributed by atoms with E-state index in [2.05, 4.69) is 5.10 Å². The molecule has 0 saturated heterocycles. The van der Waals surface area contributed by atoms with Crippen LogP contribution in [0.3, 0.4) is 0 Å². The molecule has 0 aliphatic rings. The van der Waals surface area contributed by atoms with Crippen LogP contribution in [0.5, 0.6) is 0 Å². The van der Waals surface area contributed by atoms with Gasteiger partial charge in [-0.15, -0.1) is 0 Å². The SMILES string of the molecule is CC(C(=O)O)N(C)Cc1ccnn1C. The maximum absolute atomic E-state index is 10.7. The molecule has 1 N–H and O–H groups in total. The summed E-state index contributed by atoms with van der Waals surface area (Å²) >= 11 is 0. The minimum atomic E-state index is -0.810. The summed E-state index contributed by atoms with van der Waals surface area (Å²) in [4.78, 5) is 12.5. The Balaban J connectivity index is 2.61. The van der Waals surface area contributed by atoms with E-state index in [4.69, 9.17) is 5.11 Å². The first-order valence-electron chi connectivity index (χ1n) is 4.42. The van der Waals surface area contributed by atoms with Crippen molar-refractivity contribution >= 4 is 5.97 Å². The molecular formula is C9H15N3O2. The van der Waals surface area contributed by atoms with E-state index in [-0.39, 0.29) is 0 Å². The lowest BCUT2D eigenvalue weighted by atomic mass is 10.3. The monoisotopic (exact) mass is 197 g/mol. The Bertz CT molecular complexity index is 322. The molecule has 0 amide bonds. The zero-order valence-electron chi connectivity index (χ0n) is 8.64. The van der Waals surface area contributed by atoms with Crippen LogP contribution in [0.25, 0.3) is 0 Å². The van der Waals surface area contributed by atoms with E-state index in [1.54, 1.807) is 29.7 Å². The van der Waals surface area contributed by atoms with Gasteiger partial charge in [0.2, 0.25) is 0 Å². The normalized spacial score (nSPS) is 13.1. The zero-order chi connectivity index (χ0) is 10.7. The molecule has 5 nitrogen and oxygen atoms in total. The van der Waals surface area contributed by atoms with Gasteiger partial charge in [0.1, 0.15) is 6.04 Å². The van der Waals surface area contributed by atoms with Crippen molar-refractivity contribution in [1.29, 1.82) is 0 Å². The standard InChI is InChI=1S/C9H15N3O2/c1-7(9(13)14)11(2)6-8-4-5-10-12(8)3/h4-5,7H,6H2,1-3H3,(H,13,14).